The number of amides is 1. The lowest BCUT2D eigenvalue weighted by molar-refractivity contribution is -0.119. The molecule has 1 aliphatic heterocycles. The maximum Gasteiger partial charge on any atom is 0.338 e. The SMILES string of the molecule is O=C(COC(=O)c1cccc(S(=O)(=O)N2CCc3ccccc3C2)c1)Nc1ccc(Cl)cn1. The molecule has 0 bridgehead atoms. The Labute approximate surface area is 196 Å². The number of hydrogen-bond acceptors (Lipinski definition) is 6. The summed E-state index contributed by atoms with van der Waals surface area (Å²) in [5.74, 6) is -1.14. The summed E-state index contributed by atoms with van der Waals surface area (Å²) < 4.78 is 32.7. The number of aromatic nitrogens is 1. The van der Waals surface area contributed by atoms with Crippen molar-refractivity contribution in [2.24, 2.45) is 0 Å². The number of pyridine rings is 1. The fourth-order valence-electron chi connectivity index (χ4n) is 3.45. The standard InChI is InChI=1S/C23H20ClN3O5S/c24-19-8-9-21(25-13-19)26-22(28)15-32-23(29)17-6-3-7-20(12-17)33(30,31)27-11-10-16-4-1-2-5-18(16)14-27/h1-9,12-13H,10-11,14-15H2,(H,25,26,28). The Kier molecular flexibility index (Phi) is 6.73. The van der Waals surface area contributed by atoms with Gasteiger partial charge in [-0.2, -0.15) is 4.31 Å². The first kappa shape index (κ1) is 22.9. The van der Waals surface area contributed by atoms with E-state index in [1.165, 1.54) is 40.8 Å². The molecule has 1 N–H and O–H groups in total. The van der Waals surface area contributed by atoms with Gasteiger partial charge in [0.2, 0.25) is 10.0 Å². The maximum absolute atomic E-state index is 13.2. The van der Waals surface area contributed by atoms with Crippen molar-refractivity contribution in [3.05, 3.63) is 88.6 Å². The van der Waals surface area contributed by atoms with Gasteiger partial charge in [0, 0.05) is 19.3 Å². The smallest absolute Gasteiger partial charge is 0.338 e. The van der Waals surface area contributed by atoms with E-state index in [-0.39, 0.29) is 22.8 Å². The van der Waals surface area contributed by atoms with Crippen molar-refractivity contribution >= 4 is 39.3 Å². The van der Waals surface area contributed by atoms with Crippen LogP contribution in [0.1, 0.15) is 21.5 Å². The van der Waals surface area contributed by atoms with Crippen molar-refractivity contribution in [1.82, 2.24) is 9.29 Å². The number of ether oxygens (including phenoxy) is 1. The molecule has 0 atom stereocenters. The van der Waals surface area contributed by atoms with Crippen LogP contribution in [0.3, 0.4) is 0 Å². The summed E-state index contributed by atoms with van der Waals surface area (Å²) in [5.41, 5.74) is 2.13. The van der Waals surface area contributed by atoms with E-state index in [0.717, 1.165) is 11.1 Å². The number of sulfonamides is 1. The predicted octanol–water partition coefficient (Wildman–Crippen LogP) is 3.28. The van der Waals surface area contributed by atoms with Crippen molar-refractivity contribution in [3.8, 4) is 0 Å². The molecule has 0 unspecified atom stereocenters. The van der Waals surface area contributed by atoms with Gasteiger partial charge in [-0.15, -0.1) is 0 Å². The summed E-state index contributed by atoms with van der Waals surface area (Å²) in [5, 5.41) is 2.89. The molecule has 3 aromatic rings. The lowest BCUT2D eigenvalue weighted by atomic mass is 10.0. The molecule has 8 nitrogen and oxygen atoms in total. The van der Waals surface area contributed by atoms with Gasteiger partial charge in [0.15, 0.2) is 6.61 Å². The van der Waals surface area contributed by atoms with Crippen LogP contribution in [0, 0.1) is 0 Å². The zero-order valence-corrected chi connectivity index (χ0v) is 19.0. The van der Waals surface area contributed by atoms with Gasteiger partial charge in [0.05, 0.1) is 15.5 Å². The normalized spacial score (nSPS) is 13.7. The maximum atomic E-state index is 13.2. The first-order valence-electron chi connectivity index (χ1n) is 10.1. The van der Waals surface area contributed by atoms with Gasteiger partial charge in [0.1, 0.15) is 5.82 Å². The van der Waals surface area contributed by atoms with Gasteiger partial charge >= 0.3 is 5.97 Å². The van der Waals surface area contributed by atoms with Crippen LogP contribution in [0.2, 0.25) is 5.02 Å². The van der Waals surface area contributed by atoms with Crippen molar-refractivity contribution in [1.29, 1.82) is 0 Å². The minimum atomic E-state index is -3.81. The van der Waals surface area contributed by atoms with Gasteiger partial charge in [-0.05, 0) is 47.9 Å². The second kappa shape index (κ2) is 9.70. The Morgan fingerprint density at radius 1 is 1.06 bits per heavy atom. The molecule has 1 aliphatic rings. The number of rotatable bonds is 6. The molecule has 170 valence electrons. The summed E-state index contributed by atoms with van der Waals surface area (Å²) in [7, 11) is -3.81. The molecule has 2 aromatic carbocycles. The first-order valence-corrected chi connectivity index (χ1v) is 11.9. The second-order valence-corrected chi connectivity index (χ2v) is 9.75. The van der Waals surface area contributed by atoms with Crippen LogP contribution < -0.4 is 5.32 Å². The average Bonchev–Trinajstić information content (AvgIpc) is 2.83. The highest BCUT2D eigenvalue weighted by molar-refractivity contribution is 7.89. The van der Waals surface area contributed by atoms with Crippen LogP contribution in [0.4, 0.5) is 5.82 Å². The third kappa shape index (κ3) is 5.39. The number of anilines is 1. The van der Waals surface area contributed by atoms with E-state index in [4.69, 9.17) is 16.3 Å². The Hall–Kier alpha value is -3.27. The highest BCUT2D eigenvalue weighted by atomic mass is 35.5. The summed E-state index contributed by atoms with van der Waals surface area (Å²) in [6.07, 6.45) is 1.99. The minimum Gasteiger partial charge on any atom is -0.452 e. The van der Waals surface area contributed by atoms with Crippen molar-refractivity contribution in [3.63, 3.8) is 0 Å². The molecule has 33 heavy (non-hydrogen) atoms. The van der Waals surface area contributed by atoms with Crippen molar-refractivity contribution < 1.29 is 22.7 Å². The number of hydrogen-bond donors (Lipinski definition) is 1. The topological polar surface area (TPSA) is 106 Å². The van der Waals surface area contributed by atoms with Gasteiger partial charge in [-0.3, -0.25) is 4.79 Å². The Bertz CT molecular complexity index is 1300. The molecular weight excluding hydrogens is 466 g/mol. The number of nitrogens with zero attached hydrogens (tertiary/aromatic N) is 2. The molecular formula is C23H20ClN3O5S. The molecule has 1 aromatic heterocycles. The third-order valence-corrected chi connectivity index (χ3v) is 7.20. The minimum absolute atomic E-state index is 0.00820. The van der Waals surface area contributed by atoms with Gasteiger partial charge < -0.3 is 10.1 Å². The lowest BCUT2D eigenvalue weighted by Crippen LogP contribution is -2.36. The molecule has 0 fully saturated rings. The quantitative estimate of drug-likeness (QED) is 0.537. The molecule has 0 saturated heterocycles. The Morgan fingerprint density at radius 3 is 2.61 bits per heavy atom. The molecule has 2 heterocycles. The van der Waals surface area contributed by atoms with E-state index < -0.39 is 28.5 Å². The average molecular weight is 486 g/mol. The van der Waals surface area contributed by atoms with E-state index in [1.54, 1.807) is 6.07 Å². The Balaban J connectivity index is 1.41. The van der Waals surface area contributed by atoms with Crippen LogP contribution in [0.25, 0.3) is 0 Å². The monoisotopic (exact) mass is 485 g/mol. The predicted molar refractivity (Wildman–Crippen MR) is 122 cm³/mol. The Morgan fingerprint density at radius 2 is 1.85 bits per heavy atom. The van der Waals surface area contributed by atoms with Crippen LogP contribution in [0.5, 0.6) is 0 Å². The van der Waals surface area contributed by atoms with E-state index in [2.05, 4.69) is 10.3 Å². The summed E-state index contributed by atoms with van der Waals surface area (Å²) in [6.45, 7) is 0.0715. The molecule has 0 saturated carbocycles. The van der Waals surface area contributed by atoms with Crippen LogP contribution in [0.15, 0.2) is 71.8 Å². The fraction of sp³-hybridized carbons (Fsp3) is 0.174. The van der Waals surface area contributed by atoms with E-state index >= 15 is 0 Å². The number of fused-ring (bicyclic) bond motifs is 1. The fourth-order valence-corrected chi connectivity index (χ4v) is 5.03. The highest BCUT2D eigenvalue weighted by Gasteiger charge is 2.28. The zero-order chi connectivity index (χ0) is 23.4. The lowest BCUT2D eigenvalue weighted by Gasteiger charge is -2.28. The molecule has 4 rings (SSSR count). The number of carbonyl (C=O) groups excluding carboxylic acids is 2. The second-order valence-electron chi connectivity index (χ2n) is 7.37. The number of esters is 1. The zero-order valence-electron chi connectivity index (χ0n) is 17.4. The molecule has 0 radical (unpaired) electrons. The molecule has 1 amide bonds. The largest absolute Gasteiger partial charge is 0.452 e. The van der Waals surface area contributed by atoms with Crippen molar-refractivity contribution in [2.75, 3.05) is 18.5 Å². The molecule has 0 spiro atoms. The van der Waals surface area contributed by atoms with E-state index in [0.29, 0.717) is 18.0 Å². The first-order chi connectivity index (χ1) is 15.8. The number of benzene rings is 2. The van der Waals surface area contributed by atoms with Gasteiger partial charge in [0.25, 0.3) is 5.91 Å². The highest BCUT2D eigenvalue weighted by Crippen LogP contribution is 2.25. The van der Waals surface area contributed by atoms with Crippen LogP contribution >= 0.6 is 11.6 Å². The van der Waals surface area contributed by atoms with Gasteiger partial charge in [-0.25, -0.2) is 18.2 Å². The summed E-state index contributed by atoms with van der Waals surface area (Å²) in [4.78, 5) is 28.3. The van der Waals surface area contributed by atoms with Crippen LogP contribution in [-0.4, -0.2) is 42.7 Å². The van der Waals surface area contributed by atoms with Gasteiger partial charge in [-0.1, -0.05) is 41.9 Å². The van der Waals surface area contributed by atoms with E-state index in [1.807, 2.05) is 24.3 Å². The number of halogens is 1. The summed E-state index contributed by atoms with van der Waals surface area (Å²) >= 11 is 5.75. The van der Waals surface area contributed by atoms with Crippen molar-refractivity contribution in [2.45, 2.75) is 17.9 Å². The third-order valence-electron chi connectivity index (χ3n) is 5.13. The number of nitrogens with one attached hydrogen (secondary N) is 1. The van der Waals surface area contributed by atoms with E-state index in [9.17, 15) is 18.0 Å². The van der Waals surface area contributed by atoms with Crippen LogP contribution in [-0.2, 0) is 32.5 Å². The number of carbonyl (C=O) groups is 2. The molecule has 0 aliphatic carbocycles. The summed E-state index contributed by atoms with van der Waals surface area (Å²) in [6, 6.07) is 16.4. The molecule has 10 heteroatoms.